The summed E-state index contributed by atoms with van der Waals surface area (Å²) in [6.45, 7) is 14.8. The van der Waals surface area contributed by atoms with E-state index in [0.29, 0.717) is 32.6 Å². The largest absolute Gasteiger partial charge is 0.366 e. The van der Waals surface area contributed by atoms with E-state index in [0.717, 1.165) is 6.42 Å². The maximum absolute atomic E-state index is 12.2. The van der Waals surface area contributed by atoms with E-state index in [4.69, 9.17) is 4.74 Å². The molecule has 0 N–H and O–H groups in total. The van der Waals surface area contributed by atoms with Crippen LogP contribution in [0.2, 0.25) is 0 Å². The number of carbonyl (C=O) groups excluding carboxylic acids is 2. The molecule has 1 saturated heterocycles. The lowest BCUT2D eigenvalue weighted by Gasteiger charge is -2.35. The van der Waals surface area contributed by atoms with Gasteiger partial charge < -0.3 is 14.5 Å². The van der Waals surface area contributed by atoms with Gasteiger partial charge in [0.1, 0.15) is 6.61 Å². The first-order chi connectivity index (χ1) is 9.98. The SMILES string of the molecule is CC(C)(C)CCC(=O)N1CCN(C(=O)COC(C)(C)C)CC1. The number of nitrogens with zero attached hydrogens (tertiary/aromatic N) is 2. The van der Waals surface area contributed by atoms with Crippen LogP contribution in [0.25, 0.3) is 0 Å². The molecule has 0 aromatic rings. The molecule has 0 bridgehead atoms. The van der Waals surface area contributed by atoms with Gasteiger partial charge in [-0.2, -0.15) is 0 Å². The molecule has 5 heteroatoms. The fraction of sp³-hybridized carbons (Fsp3) is 0.882. The Morgan fingerprint density at radius 2 is 1.32 bits per heavy atom. The van der Waals surface area contributed by atoms with Gasteiger partial charge in [-0.25, -0.2) is 0 Å². The Bertz CT molecular complexity index is 348. The lowest BCUT2D eigenvalue weighted by Crippen LogP contribution is -2.51. The molecule has 1 fully saturated rings. The van der Waals surface area contributed by atoms with Crippen LogP contribution in [0.4, 0.5) is 0 Å². The second-order valence-corrected chi connectivity index (χ2v) is 8.22. The van der Waals surface area contributed by atoms with Gasteiger partial charge in [-0.05, 0) is 32.6 Å². The minimum atomic E-state index is -0.305. The van der Waals surface area contributed by atoms with Crippen LogP contribution in [0.15, 0.2) is 0 Å². The predicted octanol–water partition coefficient (Wildman–Crippen LogP) is 2.30. The molecule has 0 atom stereocenters. The molecule has 1 aliphatic rings. The minimum Gasteiger partial charge on any atom is -0.366 e. The number of rotatable bonds is 4. The minimum absolute atomic E-state index is 0.0108. The highest BCUT2D eigenvalue weighted by Crippen LogP contribution is 2.21. The second kappa shape index (κ2) is 7.44. The summed E-state index contributed by atoms with van der Waals surface area (Å²) in [7, 11) is 0. The Balaban J connectivity index is 2.33. The van der Waals surface area contributed by atoms with Crippen molar-refractivity contribution >= 4 is 11.8 Å². The highest BCUT2D eigenvalue weighted by molar-refractivity contribution is 5.79. The average Bonchev–Trinajstić information content (AvgIpc) is 2.40. The molecule has 0 aliphatic carbocycles. The third-order valence-electron chi connectivity index (χ3n) is 3.70. The van der Waals surface area contributed by atoms with Gasteiger partial charge in [0.15, 0.2) is 0 Å². The van der Waals surface area contributed by atoms with Gasteiger partial charge in [0.25, 0.3) is 0 Å². The van der Waals surface area contributed by atoms with Crippen LogP contribution in [-0.4, -0.2) is 60.0 Å². The molecule has 0 aromatic carbocycles. The van der Waals surface area contributed by atoms with Crippen molar-refractivity contribution in [1.82, 2.24) is 9.80 Å². The molecular formula is C17H32N2O3. The van der Waals surface area contributed by atoms with E-state index < -0.39 is 0 Å². The Morgan fingerprint density at radius 3 is 1.73 bits per heavy atom. The van der Waals surface area contributed by atoms with Gasteiger partial charge in [-0.15, -0.1) is 0 Å². The number of ether oxygens (including phenoxy) is 1. The number of amides is 2. The molecule has 1 heterocycles. The normalized spacial score (nSPS) is 16.8. The first-order valence-electron chi connectivity index (χ1n) is 8.17. The van der Waals surface area contributed by atoms with E-state index in [-0.39, 0.29) is 29.4 Å². The third kappa shape index (κ3) is 7.25. The van der Waals surface area contributed by atoms with Crippen LogP contribution in [-0.2, 0) is 14.3 Å². The summed E-state index contributed by atoms with van der Waals surface area (Å²) in [4.78, 5) is 27.9. The number of carbonyl (C=O) groups is 2. The predicted molar refractivity (Wildman–Crippen MR) is 87.6 cm³/mol. The van der Waals surface area contributed by atoms with Crippen LogP contribution < -0.4 is 0 Å². The Kier molecular flexibility index (Phi) is 6.41. The van der Waals surface area contributed by atoms with Crippen molar-refractivity contribution in [2.45, 2.75) is 60.0 Å². The summed E-state index contributed by atoms with van der Waals surface area (Å²) in [6.07, 6.45) is 1.48. The summed E-state index contributed by atoms with van der Waals surface area (Å²) in [5, 5.41) is 0. The maximum atomic E-state index is 12.2. The molecule has 5 nitrogen and oxygen atoms in total. The molecule has 0 radical (unpaired) electrons. The third-order valence-corrected chi connectivity index (χ3v) is 3.70. The molecule has 1 aliphatic heterocycles. The summed E-state index contributed by atoms with van der Waals surface area (Å²) < 4.78 is 5.52. The van der Waals surface area contributed by atoms with Crippen LogP contribution >= 0.6 is 0 Å². The molecule has 0 unspecified atom stereocenters. The molecule has 0 spiro atoms. The van der Waals surface area contributed by atoms with Gasteiger partial charge in [0.05, 0.1) is 5.60 Å². The zero-order valence-corrected chi connectivity index (χ0v) is 15.1. The summed E-state index contributed by atoms with van der Waals surface area (Å²) in [6, 6.07) is 0. The van der Waals surface area contributed by atoms with E-state index >= 15 is 0 Å². The molecule has 128 valence electrons. The summed E-state index contributed by atoms with van der Waals surface area (Å²) in [5.74, 6) is 0.213. The lowest BCUT2D eigenvalue weighted by molar-refractivity contribution is -0.146. The number of hydrogen-bond acceptors (Lipinski definition) is 3. The van der Waals surface area contributed by atoms with Gasteiger partial charge in [0, 0.05) is 32.6 Å². The maximum Gasteiger partial charge on any atom is 0.248 e. The monoisotopic (exact) mass is 312 g/mol. The van der Waals surface area contributed by atoms with Crippen LogP contribution in [0, 0.1) is 5.41 Å². The van der Waals surface area contributed by atoms with Crippen molar-refractivity contribution in [2.75, 3.05) is 32.8 Å². The Hall–Kier alpha value is -1.10. The highest BCUT2D eigenvalue weighted by Gasteiger charge is 2.25. The van der Waals surface area contributed by atoms with Gasteiger partial charge >= 0.3 is 0 Å². The summed E-state index contributed by atoms with van der Waals surface area (Å²) in [5.41, 5.74) is -0.127. The lowest BCUT2D eigenvalue weighted by atomic mass is 9.90. The summed E-state index contributed by atoms with van der Waals surface area (Å²) >= 11 is 0. The van der Waals surface area contributed by atoms with Gasteiger partial charge in [0.2, 0.25) is 11.8 Å². The smallest absolute Gasteiger partial charge is 0.248 e. The van der Waals surface area contributed by atoms with Crippen molar-refractivity contribution < 1.29 is 14.3 Å². The molecule has 22 heavy (non-hydrogen) atoms. The number of hydrogen-bond donors (Lipinski definition) is 0. The van der Waals surface area contributed by atoms with Crippen molar-refractivity contribution in [3.05, 3.63) is 0 Å². The standard InChI is InChI=1S/C17H32N2O3/c1-16(2,3)8-7-14(20)18-9-11-19(12-10-18)15(21)13-22-17(4,5)6/h7-13H2,1-6H3. The zero-order chi connectivity index (χ0) is 17.0. The van der Waals surface area contributed by atoms with E-state index in [1.54, 1.807) is 4.90 Å². The number of piperazine rings is 1. The van der Waals surface area contributed by atoms with Crippen molar-refractivity contribution in [3.8, 4) is 0 Å². The average molecular weight is 312 g/mol. The first kappa shape index (κ1) is 18.9. The topological polar surface area (TPSA) is 49.9 Å². The van der Waals surface area contributed by atoms with Crippen molar-refractivity contribution in [3.63, 3.8) is 0 Å². The molecule has 2 amide bonds. The van der Waals surface area contributed by atoms with Crippen molar-refractivity contribution in [2.24, 2.45) is 5.41 Å². The van der Waals surface area contributed by atoms with Gasteiger partial charge in [-0.1, -0.05) is 20.8 Å². The quantitative estimate of drug-likeness (QED) is 0.800. The van der Waals surface area contributed by atoms with Gasteiger partial charge in [-0.3, -0.25) is 9.59 Å². The van der Waals surface area contributed by atoms with E-state index in [1.807, 2.05) is 25.7 Å². The molecule has 0 aromatic heterocycles. The second-order valence-electron chi connectivity index (χ2n) is 8.22. The van der Waals surface area contributed by atoms with Crippen LogP contribution in [0.3, 0.4) is 0 Å². The molecular weight excluding hydrogens is 280 g/mol. The van der Waals surface area contributed by atoms with E-state index in [2.05, 4.69) is 20.8 Å². The molecule has 1 rings (SSSR count). The fourth-order valence-electron chi connectivity index (χ4n) is 2.21. The Labute approximate surface area is 135 Å². The van der Waals surface area contributed by atoms with E-state index in [9.17, 15) is 9.59 Å². The highest BCUT2D eigenvalue weighted by atomic mass is 16.5. The first-order valence-corrected chi connectivity index (χ1v) is 8.17. The Morgan fingerprint density at radius 1 is 0.864 bits per heavy atom. The zero-order valence-electron chi connectivity index (χ0n) is 15.1. The molecule has 0 saturated carbocycles. The fourth-order valence-corrected chi connectivity index (χ4v) is 2.21. The van der Waals surface area contributed by atoms with Crippen LogP contribution in [0.1, 0.15) is 54.4 Å². The van der Waals surface area contributed by atoms with E-state index in [1.165, 1.54) is 0 Å². The van der Waals surface area contributed by atoms with Crippen LogP contribution in [0.5, 0.6) is 0 Å². The van der Waals surface area contributed by atoms with Crippen molar-refractivity contribution in [1.29, 1.82) is 0 Å².